The maximum absolute atomic E-state index is 4.25. The summed E-state index contributed by atoms with van der Waals surface area (Å²) in [7, 11) is 0. The molecule has 29 heavy (non-hydrogen) atoms. The average Bonchev–Trinajstić information content (AvgIpc) is 2.76. The smallest absolute Gasteiger partial charge is 0.0389 e. The number of nitrogens with one attached hydrogen (secondary N) is 1. The molecule has 0 bridgehead atoms. The highest BCUT2D eigenvalue weighted by Gasteiger charge is 2.28. The zero-order valence-corrected chi connectivity index (χ0v) is 18.1. The average molecular weight is 393 g/mol. The van der Waals surface area contributed by atoms with Gasteiger partial charge in [0.1, 0.15) is 0 Å². The van der Waals surface area contributed by atoms with Gasteiger partial charge in [-0.15, -0.1) is 0 Å². The van der Waals surface area contributed by atoms with E-state index in [9.17, 15) is 0 Å². The van der Waals surface area contributed by atoms with Crippen LogP contribution in [0.3, 0.4) is 0 Å². The molecule has 2 aromatic rings. The summed E-state index contributed by atoms with van der Waals surface area (Å²) in [5.74, 6) is 0.596. The van der Waals surface area contributed by atoms with Crippen LogP contribution in [0.4, 0.5) is 5.69 Å². The maximum atomic E-state index is 4.25. The van der Waals surface area contributed by atoms with Gasteiger partial charge < -0.3 is 5.32 Å². The number of likely N-dealkylation sites (tertiary alicyclic amines) is 2. The van der Waals surface area contributed by atoms with Crippen molar-refractivity contribution < 1.29 is 0 Å². The molecule has 0 amide bonds. The predicted octanol–water partition coefficient (Wildman–Crippen LogP) is 4.75. The van der Waals surface area contributed by atoms with E-state index in [0.29, 0.717) is 12.0 Å². The van der Waals surface area contributed by atoms with E-state index in [0.717, 1.165) is 12.6 Å². The second-order valence-electron chi connectivity index (χ2n) is 9.12. The molecule has 2 fully saturated rings. The van der Waals surface area contributed by atoms with Crippen LogP contribution in [-0.2, 0) is 6.54 Å². The van der Waals surface area contributed by atoms with Crippen molar-refractivity contribution in [1.29, 1.82) is 0 Å². The van der Waals surface area contributed by atoms with Crippen molar-refractivity contribution in [3.8, 4) is 0 Å². The molecule has 0 aliphatic carbocycles. The molecule has 1 aromatic heterocycles. The highest BCUT2D eigenvalue weighted by Crippen LogP contribution is 2.24. The molecule has 4 rings (SSSR count). The standard InChI is InChI=1S/C25H36N4/c1-20(2)22-7-9-23(10-8-22)27-24-6-4-14-29(19-24)25-11-15-28(16-12-25)18-21-5-3-13-26-17-21/h3,5,7-10,13,17,20,24-25,27H,4,6,11-12,14-16,18-19H2,1-2H3/t24-/m0/s1. The van der Waals surface area contributed by atoms with Gasteiger partial charge in [-0.2, -0.15) is 0 Å². The molecule has 1 atom stereocenters. The second kappa shape index (κ2) is 9.73. The molecule has 1 aromatic carbocycles. The Kier molecular flexibility index (Phi) is 6.83. The number of piperidine rings is 2. The highest BCUT2D eigenvalue weighted by molar-refractivity contribution is 5.46. The van der Waals surface area contributed by atoms with E-state index in [1.54, 1.807) is 0 Å². The number of hydrogen-bond donors (Lipinski definition) is 1. The Morgan fingerprint density at radius 2 is 1.83 bits per heavy atom. The van der Waals surface area contributed by atoms with Crippen LogP contribution >= 0.6 is 0 Å². The Hall–Kier alpha value is -1.91. The fourth-order valence-electron chi connectivity index (χ4n) is 4.85. The quantitative estimate of drug-likeness (QED) is 0.769. The summed E-state index contributed by atoms with van der Waals surface area (Å²) in [4.78, 5) is 9.59. The SMILES string of the molecule is CC(C)c1ccc(N[C@H]2CCCN(C3CCN(Cc4cccnc4)CC3)C2)cc1. The molecule has 3 heterocycles. The van der Waals surface area contributed by atoms with Gasteiger partial charge >= 0.3 is 0 Å². The largest absolute Gasteiger partial charge is 0.381 e. The van der Waals surface area contributed by atoms with Crippen molar-refractivity contribution in [3.63, 3.8) is 0 Å². The minimum absolute atomic E-state index is 0.571. The maximum Gasteiger partial charge on any atom is 0.0389 e. The summed E-state index contributed by atoms with van der Waals surface area (Å²) in [5, 5.41) is 3.80. The molecular weight excluding hydrogens is 356 g/mol. The molecule has 156 valence electrons. The Labute approximate surface area is 176 Å². The molecule has 2 aliphatic rings. The summed E-state index contributed by atoms with van der Waals surface area (Å²) in [6.07, 6.45) is 9.02. The zero-order valence-electron chi connectivity index (χ0n) is 18.1. The number of nitrogens with zero attached hydrogens (tertiary/aromatic N) is 3. The third kappa shape index (κ3) is 5.58. The van der Waals surface area contributed by atoms with Gasteiger partial charge in [-0.1, -0.05) is 32.0 Å². The lowest BCUT2D eigenvalue weighted by molar-refractivity contribution is 0.0856. The van der Waals surface area contributed by atoms with Crippen LogP contribution in [0, 0.1) is 0 Å². The topological polar surface area (TPSA) is 31.4 Å². The van der Waals surface area contributed by atoms with Crippen molar-refractivity contribution in [3.05, 3.63) is 59.9 Å². The number of rotatable bonds is 6. The van der Waals surface area contributed by atoms with Gasteiger partial charge in [0.05, 0.1) is 0 Å². The summed E-state index contributed by atoms with van der Waals surface area (Å²) >= 11 is 0. The lowest BCUT2D eigenvalue weighted by Gasteiger charge is -2.42. The Bertz CT molecular complexity index is 735. The van der Waals surface area contributed by atoms with E-state index in [-0.39, 0.29) is 0 Å². The number of pyridine rings is 1. The first-order valence-electron chi connectivity index (χ1n) is 11.4. The van der Waals surface area contributed by atoms with Crippen molar-refractivity contribution in [2.75, 3.05) is 31.5 Å². The third-order valence-corrected chi connectivity index (χ3v) is 6.60. The van der Waals surface area contributed by atoms with Crippen LogP contribution in [0.5, 0.6) is 0 Å². The molecule has 0 spiro atoms. The molecule has 0 saturated carbocycles. The summed E-state index contributed by atoms with van der Waals surface area (Å²) in [6.45, 7) is 10.4. The molecule has 2 aliphatic heterocycles. The third-order valence-electron chi connectivity index (χ3n) is 6.60. The van der Waals surface area contributed by atoms with Crippen LogP contribution in [0.15, 0.2) is 48.8 Å². The molecule has 2 saturated heterocycles. The Morgan fingerprint density at radius 1 is 1.03 bits per heavy atom. The molecule has 4 nitrogen and oxygen atoms in total. The highest BCUT2D eigenvalue weighted by atomic mass is 15.2. The van der Waals surface area contributed by atoms with Gasteiger partial charge in [-0.05, 0) is 80.6 Å². The first-order chi connectivity index (χ1) is 14.2. The number of benzene rings is 1. The second-order valence-corrected chi connectivity index (χ2v) is 9.12. The monoisotopic (exact) mass is 392 g/mol. The lowest BCUT2D eigenvalue weighted by Crippen LogP contribution is -2.50. The summed E-state index contributed by atoms with van der Waals surface area (Å²) in [5.41, 5.74) is 4.02. The van der Waals surface area contributed by atoms with Crippen LogP contribution in [-0.4, -0.2) is 53.0 Å². The minimum Gasteiger partial charge on any atom is -0.381 e. The zero-order chi connectivity index (χ0) is 20.1. The fraction of sp³-hybridized carbons (Fsp3) is 0.560. The number of hydrogen-bond acceptors (Lipinski definition) is 4. The van der Waals surface area contributed by atoms with Gasteiger partial charge in [-0.25, -0.2) is 0 Å². The molecular formula is C25H36N4. The van der Waals surface area contributed by atoms with E-state index >= 15 is 0 Å². The van der Waals surface area contributed by atoms with E-state index in [1.807, 2.05) is 18.5 Å². The summed E-state index contributed by atoms with van der Waals surface area (Å²) in [6, 6.07) is 14.6. The van der Waals surface area contributed by atoms with Gasteiger partial charge in [0, 0.05) is 43.3 Å². The van der Waals surface area contributed by atoms with Gasteiger partial charge in [0.2, 0.25) is 0 Å². The van der Waals surface area contributed by atoms with E-state index < -0.39 is 0 Å². The van der Waals surface area contributed by atoms with Crippen LogP contribution in [0.1, 0.15) is 56.6 Å². The molecule has 4 heteroatoms. The first-order valence-corrected chi connectivity index (χ1v) is 11.4. The van der Waals surface area contributed by atoms with E-state index in [4.69, 9.17) is 0 Å². The van der Waals surface area contributed by atoms with E-state index in [2.05, 4.69) is 64.3 Å². The van der Waals surface area contributed by atoms with Gasteiger partial charge in [0.15, 0.2) is 0 Å². The first kappa shape index (κ1) is 20.4. The molecule has 0 unspecified atom stereocenters. The molecule has 1 N–H and O–H groups in total. The van der Waals surface area contributed by atoms with Crippen molar-refractivity contribution in [2.45, 2.75) is 64.1 Å². The van der Waals surface area contributed by atoms with Gasteiger partial charge in [0.25, 0.3) is 0 Å². The normalized spacial score (nSPS) is 22.1. The van der Waals surface area contributed by atoms with E-state index in [1.165, 1.54) is 68.7 Å². The minimum atomic E-state index is 0.571. The number of anilines is 1. The Morgan fingerprint density at radius 3 is 2.52 bits per heavy atom. The van der Waals surface area contributed by atoms with Crippen LogP contribution in [0.2, 0.25) is 0 Å². The molecule has 0 radical (unpaired) electrons. The Balaban J connectivity index is 1.25. The van der Waals surface area contributed by atoms with Crippen molar-refractivity contribution in [1.82, 2.24) is 14.8 Å². The lowest BCUT2D eigenvalue weighted by atomic mass is 9.97. The van der Waals surface area contributed by atoms with Crippen molar-refractivity contribution >= 4 is 5.69 Å². The van der Waals surface area contributed by atoms with Gasteiger partial charge in [-0.3, -0.25) is 14.8 Å². The van der Waals surface area contributed by atoms with Crippen LogP contribution < -0.4 is 5.32 Å². The number of aromatic nitrogens is 1. The fourth-order valence-corrected chi connectivity index (χ4v) is 4.85. The summed E-state index contributed by atoms with van der Waals surface area (Å²) < 4.78 is 0. The van der Waals surface area contributed by atoms with Crippen molar-refractivity contribution in [2.24, 2.45) is 0 Å². The van der Waals surface area contributed by atoms with Crippen LogP contribution in [0.25, 0.3) is 0 Å². The predicted molar refractivity (Wildman–Crippen MR) is 121 cm³/mol.